The van der Waals surface area contributed by atoms with Crippen LogP contribution in [0.3, 0.4) is 0 Å². The Labute approximate surface area is 107 Å². The fourth-order valence-electron chi connectivity index (χ4n) is 1.86. The summed E-state index contributed by atoms with van der Waals surface area (Å²) in [4.78, 5) is 0. The summed E-state index contributed by atoms with van der Waals surface area (Å²) in [6.45, 7) is 0. The molecule has 0 spiro atoms. The second kappa shape index (κ2) is 5.24. The van der Waals surface area contributed by atoms with Gasteiger partial charge in [0, 0.05) is 25.5 Å². The van der Waals surface area contributed by atoms with Crippen molar-refractivity contribution in [2.24, 2.45) is 0 Å². The molecule has 0 aliphatic heterocycles. The highest BCUT2D eigenvalue weighted by molar-refractivity contribution is 5.74. The molecule has 0 radical (unpaired) electrons. The third kappa shape index (κ3) is 2.28. The van der Waals surface area contributed by atoms with Gasteiger partial charge in [-0.25, -0.2) is 0 Å². The first-order chi connectivity index (χ1) is 8.78. The number of anilines is 2. The molecule has 0 aliphatic carbocycles. The number of rotatable bonds is 3. The van der Waals surface area contributed by atoms with Crippen LogP contribution in [0.25, 0.3) is 11.1 Å². The summed E-state index contributed by atoms with van der Waals surface area (Å²) in [6.07, 6.45) is 0. The van der Waals surface area contributed by atoms with Gasteiger partial charge in [-0.3, -0.25) is 0 Å². The van der Waals surface area contributed by atoms with Gasteiger partial charge in [0.15, 0.2) is 0 Å². The topological polar surface area (TPSA) is 47.8 Å². The molecule has 0 heterocycles. The van der Waals surface area contributed by atoms with Crippen LogP contribution in [0.2, 0.25) is 0 Å². The van der Waals surface area contributed by atoms with Gasteiger partial charge in [0.25, 0.3) is 0 Å². The van der Waals surface area contributed by atoms with E-state index in [1.807, 2.05) is 56.6 Å². The largest absolute Gasteiger partial charge is 0.388 e. The molecular formula is C15H15N3. The smallest absolute Gasteiger partial charge is 0.0998 e. The van der Waals surface area contributed by atoms with Gasteiger partial charge in [-0.1, -0.05) is 18.2 Å². The predicted molar refractivity (Wildman–Crippen MR) is 75.7 cm³/mol. The Morgan fingerprint density at radius 2 is 1.50 bits per heavy atom. The van der Waals surface area contributed by atoms with Gasteiger partial charge in [0.1, 0.15) is 0 Å². The fourth-order valence-corrected chi connectivity index (χ4v) is 1.86. The lowest BCUT2D eigenvalue weighted by Gasteiger charge is -2.08. The minimum atomic E-state index is 0.680. The Bertz CT molecular complexity index is 580. The van der Waals surface area contributed by atoms with Gasteiger partial charge in [-0.15, -0.1) is 0 Å². The van der Waals surface area contributed by atoms with Crippen molar-refractivity contribution < 1.29 is 0 Å². The minimum Gasteiger partial charge on any atom is -0.388 e. The first kappa shape index (κ1) is 12.0. The highest BCUT2D eigenvalue weighted by Gasteiger charge is 2.05. The van der Waals surface area contributed by atoms with Crippen molar-refractivity contribution in [3.8, 4) is 17.2 Å². The van der Waals surface area contributed by atoms with Gasteiger partial charge in [-0.05, 0) is 35.4 Å². The van der Waals surface area contributed by atoms with E-state index in [0.717, 1.165) is 22.5 Å². The first-order valence-corrected chi connectivity index (χ1v) is 5.78. The molecule has 2 rings (SSSR count). The highest BCUT2D eigenvalue weighted by atomic mass is 14.8. The SMILES string of the molecule is CNc1ccc(-c2ccc(NC)cc2C#N)cc1. The Balaban J connectivity index is 2.46. The normalized spacial score (nSPS) is 9.61. The summed E-state index contributed by atoms with van der Waals surface area (Å²) >= 11 is 0. The van der Waals surface area contributed by atoms with E-state index in [2.05, 4.69) is 16.7 Å². The lowest BCUT2D eigenvalue weighted by Crippen LogP contribution is -1.92. The average molecular weight is 237 g/mol. The van der Waals surface area contributed by atoms with Gasteiger partial charge in [0.05, 0.1) is 11.6 Å². The van der Waals surface area contributed by atoms with Crippen molar-refractivity contribution in [3.63, 3.8) is 0 Å². The molecule has 0 atom stereocenters. The summed E-state index contributed by atoms with van der Waals surface area (Å²) in [7, 11) is 3.73. The molecule has 2 aromatic carbocycles. The van der Waals surface area contributed by atoms with Gasteiger partial charge >= 0.3 is 0 Å². The Morgan fingerprint density at radius 3 is 2.06 bits per heavy atom. The van der Waals surface area contributed by atoms with Crippen LogP contribution in [0.4, 0.5) is 11.4 Å². The predicted octanol–water partition coefficient (Wildman–Crippen LogP) is 3.31. The Kier molecular flexibility index (Phi) is 3.49. The van der Waals surface area contributed by atoms with E-state index >= 15 is 0 Å². The molecule has 90 valence electrons. The maximum absolute atomic E-state index is 9.21. The molecule has 0 saturated heterocycles. The van der Waals surface area contributed by atoms with E-state index in [1.54, 1.807) is 0 Å². The Morgan fingerprint density at radius 1 is 0.889 bits per heavy atom. The van der Waals surface area contributed by atoms with Crippen molar-refractivity contribution in [1.82, 2.24) is 0 Å². The molecular weight excluding hydrogens is 222 g/mol. The summed E-state index contributed by atoms with van der Waals surface area (Å²) in [5.41, 5.74) is 4.69. The van der Waals surface area contributed by atoms with E-state index in [9.17, 15) is 5.26 Å². The number of hydrogen-bond donors (Lipinski definition) is 2. The van der Waals surface area contributed by atoms with Crippen LogP contribution in [0.1, 0.15) is 5.56 Å². The minimum absolute atomic E-state index is 0.680. The Hall–Kier alpha value is -2.47. The third-order valence-electron chi connectivity index (χ3n) is 2.91. The molecule has 0 fully saturated rings. The summed E-state index contributed by atoms with van der Waals surface area (Å²) in [5, 5.41) is 15.3. The molecule has 0 saturated carbocycles. The molecule has 18 heavy (non-hydrogen) atoms. The molecule has 3 heteroatoms. The van der Waals surface area contributed by atoms with E-state index in [-0.39, 0.29) is 0 Å². The molecule has 2 N–H and O–H groups in total. The van der Waals surface area contributed by atoms with Crippen molar-refractivity contribution in [3.05, 3.63) is 48.0 Å². The molecule has 2 aromatic rings. The van der Waals surface area contributed by atoms with Crippen LogP contribution in [0.15, 0.2) is 42.5 Å². The maximum atomic E-state index is 9.21. The van der Waals surface area contributed by atoms with Gasteiger partial charge < -0.3 is 10.6 Å². The molecule has 0 aliphatic rings. The standard InChI is InChI=1S/C15H15N3/c1-17-13-5-3-11(4-6-13)15-8-7-14(18-2)9-12(15)10-16/h3-9,17-18H,1-2H3. The van der Waals surface area contributed by atoms with Crippen LogP contribution in [-0.4, -0.2) is 14.1 Å². The van der Waals surface area contributed by atoms with Crippen molar-refractivity contribution in [2.45, 2.75) is 0 Å². The molecule has 3 nitrogen and oxygen atoms in total. The zero-order valence-electron chi connectivity index (χ0n) is 10.5. The fraction of sp³-hybridized carbons (Fsp3) is 0.133. The quantitative estimate of drug-likeness (QED) is 0.861. The van der Waals surface area contributed by atoms with E-state index in [1.165, 1.54) is 0 Å². The number of hydrogen-bond acceptors (Lipinski definition) is 3. The van der Waals surface area contributed by atoms with Crippen LogP contribution in [0, 0.1) is 11.3 Å². The lowest BCUT2D eigenvalue weighted by atomic mass is 9.99. The summed E-state index contributed by atoms with van der Waals surface area (Å²) in [6, 6.07) is 16.1. The average Bonchev–Trinajstić information content (AvgIpc) is 2.46. The number of nitriles is 1. The van der Waals surface area contributed by atoms with E-state index in [4.69, 9.17) is 0 Å². The van der Waals surface area contributed by atoms with Crippen LogP contribution < -0.4 is 10.6 Å². The van der Waals surface area contributed by atoms with Crippen LogP contribution >= 0.6 is 0 Å². The van der Waals surface area contributed by atoms with E-state index in [0.29, 0.717) is 5.56 Å². The second-order valence-corrected chi connectivity index (χ2v) is 3.95. The molecule has 0 bridgehead atoms. The van der Waals surface area contributed by atoms with Crippen LogP contribution in [0.5, 0.6) is 0 Å². The molecule has 0 aromatic heterocycles. The first-order valence-electron chi connectivity index (χ1n) is 5.78. The van der Waals surface area contributed by atoms with Crippen molar-refractivity contribution in [1.29, 1.82) is 5.26 Å². The number of nitrogens with one attached hydrogen (secondary N) is 2. The zero-order valence-corrected chi connectivity index (χ0v) is 10.5. The van der Waals surface area contributed by atoms with Gasteiger partial charge in [-0.2, -0.15) is 5.26 Å². The number of benzene rings is 2. The molecule has 0 amide bonds. The number of nitrogens with zero attached hydrogens (tertiary/aromatic N) is 1. The van der Waals surface area contributed by atoms with Crippen molar-refractivity contribution in [2.75, 3.05) is 24.7 Å². The van der Waals surface area contributed by atoms with Crippen LogP contribution in [-0.2, 0) is 0 Å². The third-order valence-corrected chi connectivity index (χ3v) is 2.91. The zero-order chi connectivity index (χ0) is 13.0. The molecule has 0 unspecified atom stereocenters. The monoisotopic (exact) mass is 237 g/mol. The maximum Gasteiger partial charge on any atom is 0.0998 e. The highest BCUT2D eigenvalue weighted by Crippen LogP contribution is 2.27. The summed E-state index contributed by atoms with van der Waals surface area (Å²) < 4.78 is 0. The lowest BCUT2D eigenvalue weighted by molar-refractivity contribution is 1.45. The van der Waals surface area contributed by atoms with Gasteiger partial charge in [0.2, 0.25) is 0 Å². The van der Waals surface area contributed by atoms with E-state index < -0.39 is 0 Å². The second-order valence-electron chi connectivity index (χ2n) is 3.95. The van der Waals surface area contributed by atoms with Crippen molar-refractivity contribution >= 4 is 11.4 Å². The summed E-state index contributed by atoms with van der Waals surface area (Å²) in [5.74, 6) is 0.